The first-order chi connectivity index (χ1) is 16.6. The first kappa shape index (κ1) is 24.6. The second kappa shape index (κ2) is 9.59. The van der Waals surface area contributed by atoms with E-state index in [4.69, 9.17) is 18.2 Å². The van der Waals surface area contributed by atoms with Crippen molar-refractivity contribution in [3.05, 3.63) is 76.7 Å². The van der Waals surface area contributed by atoms with E-state index >= 15 is 0 Å². The lowest BCUT2D eigenvalue weighted by Gasteiger charge is -2.26. The molecule has 1 aromatic heterocycles. The molecule has 2 atom stereocenters. The maximum Gasteiger partial charge on any atom is 0.306 e. The number of fused-ring (bicyclic) bond motifs is 1. The maximum absolute atomic E-state index is 13.9. The fraction of sp³-hybridized carbons (Fsp3) is 0.308. The number of benzene rings is 2. The molecule has 4 rings (SSSR count). The van der Waals surface area contributed by atoms with Gasteiger partial charge in [0.2, 0.25) is 0 Å². The van der Waals surface area contributed by atoms with Gasteiger partial charge in [0.1, 0.15) is 12.5 Å². The molecule has 0 unspecified atom stereocenters. The number of amides is 2. The van der Waals surface area contributed by atoms with Gasteiger partial charge in [-0.15, -0.1) is 0 Å². The largest absolute Gasteiger partial charge is 0.340 e. The Morgan fingerprint density at radius 2 is 1.86 bits per heavy atom. The number of nitrogens with one attached hydrogen (secondary N) is 1. The van der Waals surface area contributed by atoms with Gasteiger partial charge in [-0.25, -0.2) is 15.4 Å². The minimum absolute atomic E-state index is 0.303. The minimum atomic E-state index is -3.13. The summed E-state index contributed by atoms with van der Waals surface area (Å²) in [6.07, 6.45) is -0.454. The Hall–Kier alpha value is -3.57. The number of aromatic nitrogens is 1. The predicted molar refractivity (Wildman–Crippen MR) is 130 cm³/mol. The number of alkyl halides is 2. The fourth-order valence-corrected chi connectivity index (χ4v) is 4.34. The van der Waals surface area contributed by atoms with Crippen LogP contribution in [0.1, 0.15) is 30.6 Å². The van der Waals surface area contributed by atoms with Gasteiger partial charge in [0, 0.05) is 16.6 Å². The summed E-state index contributed by atoms with van der Waals surface area (Å²) in [5.41, 5.74) is 2.65. The number of carbonyl (C=O) groups is 2. The molecule has 0 radical (unpaired) electrons. The lowest BCUT2D eigenvalue weighted by Crippen LogP contribution is -2.52. The van der Waals surface area contributed by atoms with Crippen LogP contribution in [0.2, 0.25) is 5.02 Å². The average molecular weight is 497 g/mol. The zero-order valence-electron chi connectivity index (χ0n) is 19.1. The molecule has 0 aliphatic carbocycles. The standard InChI is InChI=1S/C26H23ClF2N4O2/c1-15(2)23(25(35)33-14-26(28,29)13-22(33)30-3)32-24(34)19-10-11-31-21-9-6-17(12-20(19)21)16-4-7-18(27)8-5-16/h4-12,15,22-23H,13-14H2,1-2H3,(H,32,34)/t22-,23-/m0/s1. The van der Waals surface area contributed by atoms with Crippen LogP contribution in [0.3, 0.4) is 0 Å². The third-order valence-electron chi connectivity index (χ3n) is 6.06. The van der Waals surface area contributed by atoms with E-state index in [1.165, 1.54) is 6.20 Å². The SMILES string of the molecule is [C-]#[N+][C@@H]1CC(F)(F)CN1C(=O)[C@@H](NC(=O)c1ccnc2ccc(-c3ccc(Cl)cc3)cc12)C(C)C. The summed E-state index contributed by atoms with van der Waals surface area (Å²) in [7, 11) is 0. The van der Waals surface area contributed by atoms with Crippen LogP contribution >= 0.6 is 11.6 Å². The molecule has 3 aromatic rings. The molecule has 0 bridgehead atoms. The molecule has 180 valence electrons. The van der Waals surface area contributed by atoms with Crippen molar-refractivity contribution >= 4 is 34.3 Å². The molecule has 1 N–H and O–H groups in total. The van der Waals surface area contributed by atoms with E-state index in [1.54, 1.807) is 38.1 Å². The Kier molecular flexibility index (Phi) is 6.73. The van der Waals surface area contributed by atoms with Crippen LogP contribution in [0.25, 0.3) is 26.9 Å². The van der Waals surface area contributed by atoms with Crippen LogP contribution in [-0.4, -0.2) is 46.4 Å². The first-order valence-corrected chi connectivity index (χ1v) is 11.5. The topological polar surface area (TPSA) is 66.7 Å². The summed E-state index contributed by atoms with van der Waals surface area (Å²) < 4.78 is 27.8. The number of likely N-dealkylation sites (tertiary alicyclic amines) is 1. The molecular weight excluding hydrogens is 474 g/mol. The normalized spacial score (nSPS) is 17.9. The Morgan fingerprint density at radius 1 is 1.17 bits per heavy atom. The van der Waals surface area contributed by atoms with Gasteiger partial charge in [-0.2, -0.15) is 0 Å². The van der Waals surface area contributed by atoms with Crippen LogP contribution in [0.4, 0.5) is 8.78 Å². The number of hydrogen-bond donors (Lipinski definition) is 1. The number of nitrogens with zero attached hydrogens (tertiary/aromatic N) is 3. The summed E-state index contributed by atoms with van der Waals surface area (Å²) >= 11 is 5.99. The molecule has 1 fully saturated rings. The summed E-state index contributed by atoms with van der Waals surface area (Å²) in [5.74, 6) is -4.73. The van der Waals surface area contributed by atoms with E-state index in [-0.39, 0.29) is 5.92 Å². The molecule has 35 heavy (non-hydrogen) atoms. The smallest absolute Gasteiger partial charge is 0.306 e. The molecule has 1 saturated heterocycles. The van der Waals surface area contributed by atoms with Gasteiger partial charge in [-0.3, -0.25) is 24.3 Å². The fourth-order valence-electron chi connectivity index (χ4n) is 4.21. The van der Waals surface area contributed by atoms with E-state index in [9.17, 15) is 18.4 Å². The Labute approximate surface area is 206 Å². The number of pyridine rings is 1. The zero-order chi connectivity index (χ0) is 25.3. The number of carbonyl (C=O) groups excluding carboxylic acids is 2. The number of halogens is 3. The van der Waals surface area contributed by atoms with Crippen LogP contribution in [-0.2, 0) is 4.79 Å². The number of rotatable bonds is 5. The summed E-state index contributed by atoms with van der Waals surface area (Å²) in [4.78, 5) is 34.9. The van der Waals surface area contributed by atoms with Crippen molar-refractivity contribution in [3.8, 4) is 11.1 Å². The highest BCUT2D eigenvalue weighted by atomic mass is 35.5. The van der Waals surface area contributed by atoms with Gasteiger partial charge in [-0.05, 0) is 47.4 Å². The Balaban J connectivity index is 1.64. The van der Waals surface area contributed by atoms with Gasteiger partial charge >= 0.3 is 6.17 Å². The molecule has 0 spiro atoms. The van der Waals surface area contributed by atoms with Crippen molar-refractivity contribution in [2.24, 2.45) is 5.92 Å². The molecule has 0 saturated carbocycles. The molecule has 1 aliphatic heterocycles. The highest BCUT2D eigenvalue weighted by molar-refractivity contribution is 6.30. The predicted octanol–water partition coefficient (Wildman–Crippen LogP) is 5.42. The molecule has 1 aliphatic rings. The maximum atomic E-state index is 13.9. The van der Waals surface area contributed by atoms with Gasteiger partial charge in [0.15, 0.2) is 0 Å². The highest BCUT2D eigenvalue weighted by Gasteiger charge is 2.52. The lowest BCUT2D eigenvalue weighted by atomic mass is 9.99. The Bertz CT molecular complexity index is 1320. The second-order valence-electron chi connectivity index (χ2n) is 8.93. The third kappa shape index (κ3) is 5.10. The van der Waals surface area contributed by atoms with E-state index in [0.29, 0.717) is 21.5 Å². The van der Waals surface area contributed by atoms with Crippen molar-refractivity contribution in [3.63, 3.8) is 0 Å². The monoisotopic (exact) mass is 496 g/mol. The Morgan fingerprint density at radius 3 is 2.51 bits per heavy atom. The van der Waals surface area contributed by atoms with E-state index in [2.05, 4.69) is 15.1 Å². The second-order valence-corrected chi connectivity index (χ2v) is 9.36. The first-order valence-electron chi connectivity index (χ1n) is 11.1. The van der Waals surface area contributed by atoms with Gasteiger partial charge < -0.3 is 5.32 Å². The van der Waals surface area contributed by atoms with Crippen molar-refractivity contribution in [2.75, 3.05) is 6.54 Å². The minimum Gasteiger partial charge on any atom is -0.340 e. The molecular formula is C26H23ClF2N4O2. The molecule has 9 heteroatoms. The lowest BCUT2D eigenvalue weighted by molar-refractivity contribution is -0.135. The van der Waals surface area contributed by atoms with Crippen LogP contribution < -0.4 is 5.32 Å². The van der Waals surface area contributed by atoms with Crippen LogP contribution in [0.15, 0.2) is 54.7 Å². The van der Waals surface area contributed by atoms with Crippen molar-refractivity contribution < 1.29 is 18.4 Å². The molecule has 6 nitrogen and oxygen atoms in total. The summed E-state index contributed by atoms with van der Waals surface area (Å²) in [6.45, 7) is 9.81. The average Bonchev–Trinajstić information content (AvgIpc) is 3.16. The highest BCUT2D eigenvalue weighted by Crippen LogP contribution is 2.33. The zero-order valence-corrected chi connectivity index (χ0v) is 19.9. The van der Waals surface area contributed by atoms with E-state index < -0.39 is 42.9 Å². The quantitative estimate of drug-likeness (QED) is 0.479. The van der Waals surface area contributed by atoms with Gasteiger partial charge in [0.25, 0.3) is 17.7 Å². The van der Waals surface area contributed by atoms with Crippen molar-refractivity contribution in [1.82, 2.24) is 15.2 Å². The molecule has 2 heterocycles. The van der Waals surface area contributed by atoms with Gasteiger partial charge in [0.05, 0.1) is 17.6 Å². The summed E-state index contributed by atoms with van der Waals surface area (Å²) in [5, 5.41) is 3.91. The van der Waals surface area contributed by atoms with Crippen LogP contribution in [0, 0.1) is 12.5 Å². The molecule has 2 aromatic carbocycles. The van der Waals surface area contributed by atoms with Crippen molar-refractivity contribution in [1.29, 1.82) is 0 Å². The van der Waals surface area contributed by atoms with E-state index in [0.717, 1.165) is 16.0 Å². The summed E-state index contributed by atoms with van der Waals surface area (Å²) in [6, 6.07) is 13.3. The van der Waals surface area contributed by atoms with Gasteiger partial charge in [-0.1, -0.05) is 43.6 Å². The molecule has 2 amide bonds. The van der Waals surface area contributed by atoms with Crippen molar-refractivity contribution in [2.45, 2.75) is 38.4 Å². The third-order valence-corrected chi connectivity index (χ3v) is 6.31. The number of hydrogen-bond acceptors (Lipinski definition) is 3. The van der Waals surface area contributed by atoms with E-state index in [1.807, 2.05) is 24.3 Å². The van der Waals surface area contributed by atoms with Crippen LogP contribution in [0.5, 0.6) is 0 Å².